The Kier molecular flexibility index (Phi) is 6.03. The van der Waals surface area contributed by atoms with Gasteiger partial charge in [0.25, 0.3) is 5.91 Å². The van der Waals surface area contributed by atoms with Gasteiger partial charge in [0.1, 0.15) is 5.75 Å². The number of para-hydroxylation sites is 1. The number of carbonyl (C=O) groups excluding carboxylic acids is 1. The Hall–Kier alpha value is -2.49. The summed E-state index contributed by atoms with van der Waals surface area (Å²) in [6.07, 6.45) is 0.297. The molecule has 0 spiro atoms. The van der Waals surface area contributed by atoms with E-state index in [0.29, 0.717) is 12.3 Å². The molecule has 0 aliphatic carbocycles. The van der Waals surface area contributed by atoms with E-state index in [4.69, 9.17) is 4.74 Å². The summed E-state index contributed by atoms with van der Waals surface area (Å²) in [4.78, 5) is 14.1. The fourth-order valence-corrected chi connectivity index (χ4v) is 2.19. The molecule has 0 saturated heterocycles. The molecular formula is C19H24N2O2. The van der Waals surface area contributed by atoms with Gasteiger partial charge in [-0.3, -0.25) is 4.79 Å². The maximum Gasteiger partial charge on any atom is 0.260 e. The van der Waals surface area contributed by atoms with Gasteiger partial charge in [0.05, 0.1) is 0 Å². The molecule has 4 heteroatoms. The summed E-state index contributed by atoms with van der Waals surface area (Å²) in [7, 11) is 4.03. The van der Waals surface area contributed by atoms with Gasteiger partial charge in [-0.15, -0.1) is 0 Å². The van der Waals surface area contributed by atoms with Gasteiger partial charge >= 0.3 is 0 Å². The van der Waals surface area contributed by atoms with Crippen LogP contribution in [-0.2, 0) is 11.2 Å². The van der Waals surface area contributed by atoms with E-state index in [9.17, 15) is 4.79 Å². The molecule has 1 unspecified atom stereocenters. The van der Waals surface area contributed by atoms with Crippen LogP contribution in [-0.4, -0.2) is 32.7 Å². The van der Waals surface area contributed by atoms with Crippen molar-refractivity contribution in [3.05, 3.63) is 60.2 Å². The van der Waals surface area contributed by atoms with Gasteiger partial charge in [-0.25, -0.2) is 0 Å². The highest BCUT2D eigenvalue weighted by Gasteiger charge is 2.13. The Labute approximate surface area is 138 Å². The molecular weight excluding hydrogens is 288 g/mol. The average Bonchev–Trinajstić information content (AvgIpc) is 2.56. The van der Waals surface area contributed by atoms with Crippen molar-refractivity contribution in [2.45, 2.75) is 19.4 Å². The normalized spacial score (nSPS) is 11.6. The fraction of sp³-hybridized carbons (Fsp3) is 0.316. The summed E-state index contributed by atoms with van der Waals surface area (Å²) in [6, 6.07) is 17.7. The average molecular weight is 312 g/mol. The second-order valence-electron chi connectivity index (χ2n) is 5.68. The van der Waals surface area contributed by atoms with E-state index in [2.05, 4.69) is 34.5 Å². The predicted molar refractivity (Wildman–Crippen MR) is 94.0 cm³/mol. The Morgan fingerprint density at radius 3 is 2.35 bits per heavy atom. The molecule has 0 aromatic heterocycles. The van der Waals surface area contributed by atoms with Crippen LogP contribution in [0, 0.1) is 0 Å². The highest BCUT2D eigenvalue weighted by atomic mass is 16.5. The fourth-order valence-electron chi connectivity index (χ4n) is 2.19. The third-order valence-electron chi connectivity index (χ3n) is 3.59. The summed E-state index contributed by atoms with van der Waals surface area (Å²) in [5.41, 5.74) is 2.37. The maximum absolute atomic E-state index is 12.0. The minimum atomic E-state index is -0.506. The summed E-state index contributed by atoms with van der Waals surface area (Å²) < 4.78 is 5.60. The molecule has 1 amide bonds. The first-order valence-corrected chi connectivity index (χ1v) is 7.82. The van der Waals surface area contributed by atoms with E-state index in [1.165, 1.54) is 11.3 Å². The Morgan fingerprint density at radius 1 is 1.09 bits per heavy atom. The minimum absolute atomic E-state index is 0.0984. The number of hydrogen-bond donors (Lipinski definition) is 1. The lowest BCUT2D eigenvalue weighted by molar-refractivity contribution is -0.127. The minimum Gasteiger partial charge on any atom is -0.481 e. The summed E-state index contributed by atoms with van der Waals surface area (Å²) in [6.45, 7) is 2.36. The molecule has 0 fully saturated rings. The van der Waals surface area contributed by atoms with Crippen molar-refractivity contribution in [2.24, 2.45) is 0 Å². The molecule has 0 aliphatic heterocycles. The van der Waals surface area contributed by atoms with Gasteiger partial charge in [0.2, 0.25) is 0 Å². The molecule has 0 saturated carbocycles. The summed E-state index contributed by atoms with van der Waals surface area (Å²) in [5.74, 6) is 0.605. The zero-order valence-electron chi connectivity index (χ0n) is 14.0. The highest BCUT2D eigenvalue weighted by molar-refractivity contribution is 5.80. The van der Waals surface area contributed by atoms with Crippen LogP contribution in [0.25, 0.3) is 0 Å². The number of ether oxygens (including phenoxy) is 1. The van der Waals surface area contributed by atoms with Gasteiger partial charge in [-0.1, -0.05) is 30.3 Å². The number of rotatable bonds is 7. The van der Waals surface area contributed by atoms with Crippen molar-refractivity contribution in [3.8, 4) is 5.75 Å². The van der Waals surface area contributed by atoms with Crippen LogP contribution in [0.5, 0.6) is 5.75 Å². The zero-order valence-corrected chi connectivity index (χ0v) is 14.0. The summed E-state index contributed by atoms with van der Waals surface area (Å²) in [5, 5.41) is 2.91. The van der Waals surface area contributed by atoms with Gasteiger partial charge in [-0.05, 0) is 43.2 Å². The molecule has 23 heavy (non-hydrogen) atoms. The van der Waals surface area contributed by atoms with Gasteiger partial charge in [0.15, 0.2) is 6.10 Å². The number of hydrogen-bond acceptors (Lipinski definition) is 3. The second-order valence-corrected chi connectivity index (χ2v) is 5.68. The standard InChI is InChI=1S/C19H24N2O2/c1-15(23-18-7-5-4-6-8-18)19(22)20-14-13-16-9-11-17(12-10-16)21(2)3/h4-12,15H,13-14H2,1-3H3,(H,20,22). The van der Waals surface area contributed by atoms with E-state index in [0.717, 1.165) is 6.42 Å². The van der Waals surface area contributed by atoms with Gasteiger partial charge in [-0.2, -0.15) is 0 Å². The number of carbonyl (C=O) groups is 1. The van der Waals surface area contributed by atoms with Crippen molar-refractivity contribution in [3.63, 3.8) is 0 Å². The maximum atomic E-state index is 12.0. The Balaban J connectivity index is 1.75. The van der Waals surface area contributed by atoms with Crippen LogP contribution in [0.4, 0.5) is 5.69 Å². The predicted octanol–water partition coefficient (Wildman–Crippen LogP) is 2.88. The molecule has 4 nitrogen and oxygen atoms in total. The zero-order chi connectivity index (χ0) is 16.7. The highest BCUT2D eigenvalue weighted by Crippen LogP contribution is 2.13. The van der Waals surface area contributed by atoms with Crippen molar-refractivity contribution in [1.82, 2.24) is 5.32 Å². The molecule has 0 radical (unpaired) electrons. The lowest BCUT2D eigenvalue weighted by Crippen LogP contribution is -2.37. The van der Waals surface area contributed by atoms with E-state index < -0.39 is 6.10 Å². The summed E-state index contributed by atoms with van der Waals surface area (Å²) >= 11 is 0. The van der Waals surface area contributed by atoms with Gasteiger partial charge in [0, 0.05) is 26.3 Å². The topological polar surface area (TPSA) is 41.6 Å². The van der Waals surface area contributed by atoms with E-state index in [1.54, 1.807) is 6.92 Å². The van der Waals surface area contributed by atoms with Crippen LogP contribution >= 0.6 is 0 Å². The van der Waals surface area contributed by atoms with Crippen LogP contribution in [0.3, 0.4) is 0 Å². The van der Waals surface area contributed by atoms with Crippen molar-refractivity contribution in [2.75, 3.05) is 25.5 Å². The van der Waals surface area contributed by atoms with Crippen LogP contribution in [0.15, 0.2) is 54.6 Å². The van der Waals surface area contributed by atoms with Crippen molar-refractivity contribution < 1.29 is 9.53 Å². The first-order valence-electron chi connectivity index (χ1n) is 7.82. The smallest absolute Gasteiger partial charge is 0.260 e. The molecule has 2 aromatic carbocycles. The monoisotopic (exact) mass is 312 g/mol. The number of amides is 1. The number of anilines is 1. The number of benzene rings is 2. The first-order chi connectivity index (χ1) is 11.1. The van der Waals surface area contributed by atoms with Gasteiger partial charge < -0.3 is 15.0 Å². The van der Waals surface area contributed by atoms with E-state index in [-0.39, 0.29) is 5.91 Å². The van der Waals surface area contributed by atoms with E-state index in [1.807, 2.05) is 44.4 Å². The van der Waals surface area contributed by atoms with E-state index >= 15 is 0 Å². The third-order valence-corrected chi connectivity index (χ3v) is 3.59. The molecule has 0 bridgehead atoms. The second kappa shape index (κ2) is 8.22. The largest absolute Gasteiger partial charge is 0.481 e. The van der Waals surface area contributed by atoms with Crippen LogP contribution in [0.1, 0.15) is 12.5 Å². The third kappa shape index (κ3) is 5.33. The Bertz CT molecular complexity index is 609. The molecule has 2 rings (SSSR count). The molecule has 0 heterocycles. The lowest BCUT2D eigenvalue weighted by atomic mass is 10.1. The molecule has 2 aromatic rings. The Morgan fingerprint density at radius 2 is 1.74 bits per heavy atom. The molecule has 0 aliphatic rings. The van der Waals surface area contributed by atoms with Crippen LogP contribution in [0.2, 0.25) is 0 Å². The quantitative estimate of drug-likeness (QED) is 0.855. The number of nitrogens with zero attached hydrogens (tertiary/aromatic N) is 1. The molecule has 1 atom stereocenters. The lowest BCUT2D eigenvalue weighted by Gasteiger charge is -2.15. The first kappa shape index (κ1) is 16.9. The SMILES string of the molecule is CC(Oc1ccccc1)C(=O)NCCc1ccc(N(C)C)cc1. The molecule has 1 N–H and O–H groups in total. The number of nitrogens with one attached hydrogen (secondary N) is 1. The van der Waals surface area contributed by atoms with Crippen LogP contribution < -0.4 is 15.0 Å². The van der Waals surface area contributed by atoms with Crippen molar-refractivity contribution >= 4 is 11.6 Å². The molecule has 122 valence electrons. The van der Waals surface area contributed by atoms with Crippen molar-refractivity contribution in [1.29, 1.82) is 0 Å².